The first-order valence-electron chi connectivity index (χ1n) is 7.91. The van der Waals surface area contributed by atoms with E-state index in [1.54, 1.807) is 13.1 Å². The highest BCUT2D eigenvalue weighted by Crippen LogP contribution is 2.44. The number of hydrogen-bond donors (Lipinski definition) is 1. The SMILES string of the molecule is CN1C(=O)/C(=C2\SC(=S)N(c3ccc(C(=O)O)cc3)C2=O)c2ccccc21. The lowest BCUT2D eigenvalue weighted by Gasteiger charge is -2.14. The molecule has 1 saturated heterocycles. The Morgan fingerprint density at radius 2 is 1.70 bits per heavy atom. The Balaban J connectivity index is 1.79. The number of thiocarbonyl (C=S) groups is 1. The minimum absolute atomic E-state index is 0.115. The molecule has 2 aliphatic rings. The third-order valence-corrected chi connectivity index (χ3v) is 5.79. The van der Waals surface area contributed by atoms with Crippen LogP contribution in [0.25, 0.3) is 5.57 Å². The number of fused-ring (bicyclic) bond motifs is 1. The molecular formula is C19H12N2O4S2. The fourth-order valence-corrected chi connectivity index (χ4v) is 4.45. The minimum atomic E-state index is -1.05. The minimum Gasteiger partial charge on any atom is -0.478 e. The van der Waals surface area contributed by atoms with Gasteiger partial charge in [0.15, 0.2) is 4.32 Å². The smallest absolute Gasteiger partial charge is 0.335 e. The van der Waals surface area contributed by atoms with E-state index < -0.39 is 5.97 Å². The van der Waals surface area contributed by atoms with Gasteiger partial charge in [-0.15, -0.1) is 0 Å². The molecule has 27 heavy (non-hydrogen) atoms. The molecule has 0 bridgehead atoms. The predicted octanol–water partition coefficient (Wildman–Crippen LogP) is 3.14. The van der Waals surface area contributed by atoms with Gasteiger partial charge in [0.1, 0.15) is 0 Å². The highest BCUT2D eigenvalue weighted by Gasteiger charge is 2.41. The standard InChI is InChI=1S/C19H12N2O4S2/c1-20-13-5-3-2-4-12(13)14(16(20)22)15-17(23)21(19(26)27-15)11-8-6-10(7-9-11)18(24)25/h2-9H,1H3,(H,24,25)/b15-14-. The molecule has 0 atom stereocenters. The summed E-state index contributed by atoms with van der Waals surface area (Å²) in [5.41, 5.74) is 2.37. The monoisotopic (exact) mass is 396 g/mol. The number of carboxylic acid groups (broad SMARTS) is 1. The van der Waals surface area contributed by atoms with Gasteiger partial charge in [-0.2, -0.15) is 0 Å². The molecule has 2 amide bonds. The zero-order valence-electron chi connectivity index (χ0n) is 14.0. The van der Waals surface area contributed by atoms with Gasteiger partial charge in [-0.25, -0.2) is 4.79 Å². The molecule has 4 rings (SSSR count). The van der Waals surface area contributed by atoms with Crippen LogP contribution >= 0.6 is 24.0 Å². The van der Waals surface area contributed by atoms with Crippen molar-refractivity contribution < 1.29 is 19.5 Å². The first kappa shape index (κ1) is 17.4. The number of carboxylic acids is 1. The fourth-order valence-electron chi connectivity index (χ4n) is 3.08. The van der Waals surface area contributed by atoms with Crippen LogP contribution in [0.2, 0.25) is 0 Å². The van der Waals surface area contributed by atoms with Crippen molar-refractivity contribution in [1.29, 1.82) is 0 Å². The Bertz CT molecular complexity index is 1060. The van der Waals surface area contributed by atoms with Gasteiger partial charge >= 0.3 is 5.97 Å². The van der Waals surface area contributed by atoms with Crippen molar-refractivity contribution in [2.24, 2.45) is 0 Å². The number of anilines is 2. The predicted molar refractivity (Wildman–Crippen MR) is 108 cm³/mol. The number of aromatic carboxylic acids is 1. The van der Waals surface area contributed by atoms with Gasteiger partial charge < -0.3 is 10.0 Å². The number of amides is 2. The van der Waals surface area contributed by atoms with Crippen LogP contribution in [0.1, 0.15) is 15.9 Å². The summed E-state index contributed by atoms with van der Waals surface area (Å²) < 4.78 is 0.297. The maximum atomic E-state index is 13.1. The quantitative estimate of drug-likeness (QED) is 0.621. The molecule has 8 heteroatoms. The van der Waals surface area contributed by atoms with Gasteiger partial charge in [0.25, 0.3) is 11.8 Å². The molecule has 1 N–H and O–H groups in total. The zero-order chi connectivity index (χ0) is 19.3. The van der Waals surface area contributed by atoms with Crippen molar-refractivity contribution in [3.63, 3.8) is 0 Å². The van der Waals surface area contributed by atoms with Crippen molar-refractivity contribution in [2.45, 2.75) is 0 Å². The number of para-hydroxylation sites is 1. The second-order valence-corrected chi connectivity index (χ2v) is 7.59. The third kappa shape index (κ3) is 2.65. The second kappa shape index (κ2) is 6.33. The Hall–Kier alpha value is -2.97. The summed E-state index contributed by atoms with van der Waals surface area (Å²) in [6.45, 7) is 0. The van der Waals surface area contributed by atoms with Crippen LogP contribution in [0.3, 0.4) is 0 Å². The normalized spacial score (nSPS) is 19.1. The van der Waals surface area contributed by atoms with Gasteiger partial charge in [0.2, 0.25) is 0 Å². The molecule has 2 aliphatic heterocycles. The van der Waals surface area contributed by atoms with Gasteiger partial charge in [-0.1, -0.05) is 42.2 Å². The van der Waals surface area contributed by atoms with Crippen LogP contribution in [0.4, 0.5) is 11.4 Å². The number of rotatable bonds is 2. The van der Waals surface area contributed by atoms with Crippen molar-refractivity contribution in [1.82, 2.24) is 0 Å². The van der Waals surface area contributed by atoms with Crippen LogP contribution in [0.5, 0.6) is 0 Å². The average Bonchev–Trinajstić information content (AvgIpc) is 3.08. The van der Waals surface area contributed by atoms with Crippen molar-refractivity contribution in [3.8, 4) is 0 Å². The molecule has 2 aromatic carbocycles. The molecule has 1 fully saturated rings. The van der Waals surface area contributed by atoms with E-state index in [1.807, 2.05) is 18.2 Å². The van der Waals surface area contributed by atoms with Crippen molar-refractivity contribution in [3.05, 3.63) is 64.6 Å². The summed E-state index contributed by atoms with van der Waals surface area (Å²) in [4.78, 5) is 39.9. The molecule has 134 valence electrons. The average molecular weight is 396 g/mol. The van der Waals surface area contributed by atoms with E-state index in [-0.39, 0.29) is 22.3 Å². The molecule has 2 heterocycles. The first-order chi connectivity index (χ1) is 12.9. The van der Waals surface area contributed by atoms with Crippen LogP contribution in [0.15, 0.2) is 53.4 Å². The van der Waals surface area contributed by atoms with E-state index in [9.17, 15) is 14.4 Å². The topological polar surface area (TPSA) is 77.9 Å². The highest BCUT2D eigenvalue weighted by molar-refractivity contribution is 8.27. The lowest BCUT2D eigenvalue weighted by Crippen LogP contribution is -2.28. The lowest BCUT2D eigenvalue weighted by molar-refractivity contribution is -0.115. The number of benzene rings is 2. The van der Waals surface area contributed by atoms with E-state index >= 15 is 0 Å². The van der Waals surface area contributed by atoms with Gasteiger partial charge in [0, 0.05) is 12.6 Å². The second-order valence-electron chi connectivity index (χ2n) is 5.95. The van der Waals surface area contributed by atoms with E-state index in [2.05, 4.69) is 0 Å². The van der Waals surface area contributed by atoms with Crippen LogP contribution in [0, 0.1) is 0 Å². The first-order valence-corrected chi connectivity index (χ1v) is 9.14. The number of nitrogens with zero attached hydrogens (tertiary/aromatic N) is 2. The van der Waals surface area contributed by atoms with Crippen molar-refractivity contribution in [2.75, 3.05) is 16.8 Å². The van der Waals surface area contributed by atoms with Gasteiger partial charge in [-0.05, 0) is 30.3 Å². The van der Waals surface area contributed by atoms with Crippen molar-refractivity contribution >= 4 is 63.0 Å². The van der Waals surface area contributed by atoms with E-state index in [0.29, 0.717) is 21.1 Å². The lowest BCUT2D eigenvalue weighted by atomic mass is 10.1. The summed E-state index contributed by atoms with van der Waals surface area (Å²) in [6, 6.07) is 13.2. The molecule has 0 unspecified atom stereocenters. The Morgan fingerprint density at radius 3 is 2.37 bits per heavy atom. The molecule has 0 aromatic heterocycles. The zero-order valence-corrected chi connectivity index (χ0v) is 15.6. The number of hydrogen-bond acceptors (Lipinski definition) is 5. The molecular weight excluding hydrogens is 384 g/mol. The van der Waals surface area contributed by atoms with E-state index in [4.69, 9.17) is 17.3 Å². The molecule has 0 radical (unpaired) electrons. The van der Waals surface area contributed by atoms with Gasteiger partial charge in [0.05, 0.1) is 27.4 Å². The third-order valence-electron chi connectivity index (χ3n) is 4.42. The fraction of sp³-hybridized carbons (Fsp3) is 0.0526. The van der Waals surface area contributed by atoms with E-state index in [1.165, 1.54) is 34.1 Å². The Morgan fingerprint density at radius 1 is 1.04 bits per heavy atom. The maximum absolute atomic E-state index is 13.1. The number of carbonyl (C=O) groups is 3. The Kier molecular flexibility index (Phi) is 4.09. The van der Waals surface area contributed by atoms with Crippen LogP contribution in [-0.2, 0) is 9.59 Å². The summed E-state index contributed by atoms with van der Waals surface area (Å²) >= 11 is 6.43. The highest BCUT2D eigenvalue weighted by atomic mass is 32.2. The molecule has 6 nitrogen and oxygen atoms in total. The number of carbonyl (C=O) groups excluding carboxylic acids is 2. The molecule has 0 saturated carbocycles. The molecule has 0 aliphatic carbocycles. The summed E-state index contributed by atoms with van der Waals surface area (Å²) in [5.74, 6) is -1.69. The summed E-state index contributed by atoms with van der Waals surface area (Å²) in [5, 5.41) is 9.02. The van der Waals surface area contributed by atoms with Gasteiger partial charge in [-0.3, -0.25) is 14.5 Å². The molecule has 0 spiro atoms. The Labute approximate surface area is 164 Å². The number of thioether (sulfide) groups is 1. The summed E-state index contributed by atoms with van der Waals surface area (Å²) in [7, 11) is 1.67. The molecule has 2 aromatic rings. The summed E-state index contributed by atoms with van der Waals surface area (Å²) in [6.07, 6.45) is 0. The number of likely N-dealkylation sites (N-methyl/N-ethyl adjacent to an activating group) is 1. The maximum Gasteiger partial charge on any atom is 0.335 e. The van der Waals surface area contributed by atoms with Crippen LogP contribution in [-0.4, -0.2) is 34.3 Å². The van der Waals surface area contributed by atoms with E-state index in [0.717, 1.165) is 17.4 Å². The van der Waals surface area contributed by atoms with Crippen LogP contribution < -0.4 is 9.80 Å². The largest absolute Gasteiger partial charge is 0.478 e.